The van der Waals surface area contributed by atoms with Crippen LogP contribution >= 0.6 is 0 Å². The Bertz CT molecular complexity index is 1210. The minimum Gasteiger partial charge on any atom is -0.478 e. The van der Waals surface area contributed by atoms with E-state index in [1.807, 2.05) is 36.1 Å². The van der Waals surface area contributed by atoms with Gasteiger partial charge in [-0.2, -0.15) is 0 Å². The number of para-hydroxylation sites is 1. The fraction of sp³-hybridized carbons (Fsp3) is 0.240. The molecule has 1 aliphatic rings. The number of aromatic nitrogens is 1. The van der Waals surface area contributed by atoms with Crippen molar-refractivity contribution in [1.82, 2.24) is 9.88 Å². The number of hydrogen-bond donors (Lipinski definition) is 2. The van der Waals surface area contributed by atoms with Gasteiger partial charge in [0, 0.05) is 40.8 Å². The number of fused-ring (bicyclic) bond motifs is 3. The molecule has 0 unspecified atom stereocenters. The number of carboxylic acid groups (broad SMARTS) is 1. The van der Waals surface area contributed by atoms with Crippen molar-refractivity contribution in [1.29, 1.82) is 0 Å². The number of rotatable bonds is 6. The van der Waals surface area contributed by atoms with Crippen molar-refractivity contribution in [2.45, 2.75) is 31.2 Å². The zero-order valence-electron chi connectivity index (χ0n) is 17.7. The first-order valence-corrected chi connectivity index (χ1v) is 10.4. The first kappa shape index (κ1) is 22.0. The van der Waals surface area contributed by atoms with Crippen molar-refractivity contribution in [2.24, 2.45) is 0 Å². The number of H-pyrrole nitrogens is 1. The minimum atomic E-state index is -1.59. The van der Waals surface area contributed by atoms with Crippen molar-refractivity contribution in [2.75, 3.05) is 6.54 Å². The third kappa shape index (κ3) is 3.56. The molecule has 2 atom stereocenters. The first-order valence-electron chi connectivity index (χ1n) is 10.4. The lowest BCUT2D eigenvalue weighted by Gasteiger charge is -2.49. The molecule has 4 rings (SSSR count). The summed E-state index contributed by atoms with van der Waals surface area (Å²) in [7, 11) is 6.97. The summed E-state index contributed by atoms with van der Waals surface area (Å²) in [5, 5.41) is 9.81. The Labute approximate surface area is 186 Å². The van der Waals surface area contributed by atoms with Gasteiger partial charge in [-0.3, -0.25) is 4.90 Å². The molecule has 1 aromatic heterocycles. The lowest BCUT2D eigenvalue weighted by Crippen LogP contribution is -2.57. The van der Waals surface area contributed by atoms with Crippen molar-refractivity contribution in [3.8, 4) is 0 Å². The fourth-order valence-electron chi connectivity index (χ4n) is 4.75. The van der Waals surface area contributed by atoms with E-state index in [1.54, 1.807) is 6.08 Å². The summed E-state index contributed by atoms with van der Waals surface area (Å²) < 4.78 is 31.0. The van der Waals surface area contributed by atoms with Gasteiger partial charge in [-0.25, -0.2) is 13.6 Å². The van der Waals surface area contributed by atoms with Crippen LogP contribution in [0.15, 0.2) is 55.1 Å². The number of nitrogens with zero attached hydrogens (tertiary/aromatic N) is 1. The summed E-state index contributed by atoms with van der Waals surface area (Å²) in [6.45, 7) is 6.24. The number of carboxylic acids is 1. The highest BCUT2D eigenvalue weighted by atomic mass is 19.1. The first-order chi connectivity index (χ1) is 15.3. The number of carbonyl (C=O) groups is 1. The molecule has 0 saturated heterocycles. The van der Waals surface area contributed by atoms with Crippen LogP contribution in [-0.4, -0.2) is 41.4 Å². The van der Waals surface area contributed by atoms with E-state index in [9.17, 15) is 4.79 Å². The second-order valence-electron chi connectivity index (χ2n) is 8.15. The molecule has 2 N–H and O–H groups in total. The number of benzene rings is 2. The van der Waals surface area contributed by atoms with E-state index in [-0.39, 0.29) is 17.2 Å². The van der Waals surface area contributed by atoms with Crippen molar-refractivity contribution >= 4 is 30.8 Å². The second-order valence-corrected chi connectivity index (χ2v) is 8.15. The maximum atomic E-state index is 15.5. The molecule has 0 saturated carbocycles. The average Bonchev–Trinajstić information content (AvgIpc) is 3.11. The monoisotopic (exact) mass is 432 g/mol. The largest absolute Gasteiger partial charge is 0.478 e. The molecule has 162 valence electrons. The Morgan fingerprint density at radius 2 is 2.03 bits per heavy atom. The molecule has 32 heavy (non-hydrogen) atoms. The lowest BCUT2D eigenvalue weighted by molar-refractivity contribution is -0.131. The van der Waals surface area contributed by atoms with Gasteiger partial charge in [0.25, 0.3) is 0 Å². The third-order valence-corrected chi connectivity index (χ3v) is 6.12. The van der Waals surface area contributed by atoms with Crippen LogP contribution in [0.2, 0.25) is 0 Å². The van der Waals surface area contributed by atoms with Crippen LogP contribution in [0.3, 0.4) is 0 Å². The Balaban J connectivity index is 1.97. The zero-order valence-corrected chi connectivity index (χ0v) is 17.7. The maximum absolute atomic E-state index is 15.5. The van der Waals surface area contributed by atoms with Gasteiger partial charge in [-0.1, -0.05) is 24.3 Å². The van der Waals surface area contributed by atoms with E-state index >= 15 is 8.78 Å². The van der Waals surface area contributed by atoms with Crippen LogP contribution in [0, 0.1) is 11.6 Å². The smallest absolute Gasteiger partial charge is 0.328 e. The Kier molecular flexibility index (Phi) is 5.78. The Hall–Kier alpha value is -3.19. The van der Waals surface area contributed by atoms with E-state index in [2.05, 4.69) is 11.6 Å². The summed E-state index contributed by atoms with van der Waals surface area (Å²) in [4.78, 5) is 16.0. The number of hydrogen-bond acceptors (Lipinski definition) is 2. The Morgan fingerprint density at radius 3 is 2.69 bits per heavy atom. The van der Waals surface area contributed by atoms with Crippen LogP contribution in [0.1, 0.15) is 35.7 Å². The van der Waals surface area contributed by atoms with Crippen LogP contribution in [0.5, 0.6) is 0 Å². The molecule has 2 heterocycles. The van der Waals surface area contributed by atoms with Crippen LogP contribution in [0.25, 0.3) is 17.0 Å². The number of nitrogens with one attached hydrogen (secondary N) is 1. The van der Waals surface area contributed by atoms with E-state index < -0.39 is 23.0 Å². The average molecular weight is 432 g/mol. The van der Waals surface area contributed by atoms with Crippen molar-refractivity contribution in [3.63, 3.8) is 0 Å². The zero-order chi connectivity index (χ0) is 23.0. The van der Waals surface area contributed by atoms with E-state index in [1.165, 1.54) is 0 Å². The highest BCUT2D eigenvalue weighted by molar-refractivity contribution is 6.18. The molecular weight excluding hydrogens is 409 g/mol. The highest BCUT2D eigenvalue weighted by Crippen LogP contribution is 2.45. The second kappa shape index (κ2) is 8.39. The number of halogens is 2. The molecule has 0 bridgehead atoms. The molecule has 0 amide bonds. The van der Waals surface area contributed by atoms with Crippen LogP contribution in [0.4, 0.5) is 8.78 Å². The molecule has 4 nitrogen and oxygen atoms in total. The van der Waals surface area contributed by atoms with E-state index in [0.717, 1.165) is 40.8 Å². The van der Waals surface area contributed by atoms with Gasteiger partial charge in [0.2, 0.25) is 0 Å². The lowest BCUT2D eigenvalue weighted by atomic mass is 9.63. The van der Waals surface area contributed by atoms with Gasteiger partial charge >= 0.3 is 5.97 Å². The quantitative estimate of drug-likeness (QED) is 0.336. The van der Waals surface area contributed by atoms with Crippen LogP contribution < -0.4 is 0 Å². The van der Waals surface area contributed by atoms with E-state index in [0.29, 0.717) is 25.1 Å². The summed E-state index contributed by atoms with van der Waals surface area (Å²) in [5.41, 5.74) is 0.609. The summed E-state index contributed by atoms with van der Waals surface area (Å²) in [6, 6.07) is 9.85. The molecular formula is C25H23BF2N2O2. The SMILES string of the molecule is [B][C@@]1(c2c(F)cc(/C=C/C(=O)O)cc2F)c2[nH]c3ccccc3c2C[C@@H](C)N1CCC=C. The predicted octanol–water partition coefficient (Wildman–Crippen LogP) is 4.74. The van der Waals surface area contributed by atoms with Crippen LogP contribution in [-0.2, 0) is 16.7 Å². The minimum absolute atomic E-state index is 0.0861. The van der Waals surface area contributed by atoms with Gasteiger partial charge in [-0.15, -0.1) is 6.58 Å². The molecule has 0 fully saturated rings. The van der Waals surface area contributed by atoms with Gasteiger partial charge in [-0.05, 0) is 55.2 Å². The van der Waals surface area contributed by atoms with Gasteiger partial charge in [0.05, 0.1) is 5.44 Å². The summed E-state index contributed by atoms with van der Waals surface area (Å²) in [5.74, 6) is -2.87. The molecule has 1 aliphatic heterocycles. The van der Waals surface area contributed by atoms with Crippen molar-refractivity contribution < 1.29 is 18.7 Å². The van der Waals surface area contributed by atoms with E-state index in [4.69, 9.17) is 13.0 Å². The van der Waals surface area contributed by atoms with Gasteiger partial charge in [0.15, 0.2) is 0 Å². The molecule has 0 aliphatic carbocycles. The summed E-state index contributed by atoms with van der Waals surface area (Å²) in [6.07, 6.45) is 5.01. The molecule has 7 heteroatoms. The fourth-order valence-corrected chi connectivity index (χ4v) is 4.75. The predicted molar refractivity (Wildman–Crippen MR) is 123 cm³/mol. The number of aromatic amines is 1. The molecule has 3 aromatic rings. The maximum Gasteiger partial charge on any atom is 0.328 e. The van der Waals surface area contributed by atoms with Crippen molar-refractivity contribution in [3.05, 3.63) is 89.1 Å². The highest BCUT2D eigenvalue weighted by Gasteiger charge is 2.47. The standard InChI is InChI=1S/C25H23BF2N2O2/c1-3-4-11-30-15(2)12-18-17-7-5-6-8-21(17)29-24(18)25(30,26)23-19(27)13-16(14-20(23)28)9-10-22(31)32/h3,5-10,13-15,29H,1,4,11-12H2,2H3,(H,31,32)/b10-9+/t15-,25-/m1/s1. The number of aliphatic carboxylic acids is 1. The van der Waals surface area contributed by atoms with Gasteiger partial charge in [0.1, 0.15) is 19.5 Å². The molecule has 2 radical (unpaired) electrons. The summed E-state index contributed by atoms with van der Waals surface area (Å²) >= 11 is 0. The third-order valence-electron chi connectivity index (χ3n) is 6.12. The molecule has 0 spiro atoms. The molecule has 2 aromatic carbocycles. The topological polar surface area (TPSA) is 56.3 Å². The van der Waals surface area contributed by atoms with Gasteiger partial charge < -0.3 is 10.1 Å². The normalized spacial score (nSPS) is 21.2. The Morgan fingerprint density at radius 1 is 1.34 bits per heavy atom.